The van der Waals surface area contributed by atoms with Gasteiger partial charge in [-0.05, 0) is 62.0 Å². The van der Waals surface area contributed by atoms with Crippen molar-refractivity contribution in [3.8, 4) is 5.88 Å². The van der Waals surface area contributed by atoms with E-state index in [4.69, 9.17) is 4.74 Å². The number of hydrogen-bond donors (Lipinski definition) is 1. The fourth-order valence-corrected chi connectivity index (χ4v) is 8.64. The lowest BCUT2D eigenvalue weighted by molar-refractivity contribution is -0.118. The number of nitrogens with zero attached hydrogens (tertiary/aromatic N) is 4. The van der Waals surface area contributed by atoms with Gasteiger partial charge in [0.25, 0.3) is 0 Å². The van der Waals surface area contributed by atoms with Crippen LogP contribution in [0.15, 0.2) is 41.3 Å². The van der Waals surface area contributed by atoms with Crippen molar-refractivity contribution < 1.29 is 17.9 Å². The van der Waals surface area contributed by atoms with E-state index in [1.54, 1.807) is 29.6 Å². The van der Waals surface area contributed by atoms with Crippen LogP contribution in [0.4, 0.5) is 5.13 Å². The molecule has 1 saturated carbocycles. The Hall–Kier alpha value is -2.60. The molecule has 1 amide bonds. The average molecular weight is 600 g/mol. The summed E-state index contributed by atoms with van der Waals surface area (Å²) in [7, 11) is -2.02. The van der Waals surface area contributed by atoms with Crippen molar-refractivity contribution in [3.05, 3.63) is 42.0 Å². The molecule has 3 aromatic rings. The van der Waals surface area contributed by atoms with Gasteiger partial charge in [-0.3, -0.25) is 4.79 Å². The zero-order valence-corrected chi connectivity index (χ0v) is 25.8. The number of methoxy groups -OCH3 is 1. The van der Waals surface area contributed by atoms with E-state index >= 15 is 0 Å². The first-order valence-electron chi connectivity index (χ1n) is 14.8. The quantitative estimate of drug-likeness (QED) is 0.310. The largest absolute Gasteiger partial charge is 0.481 e. The monoisotopic (exact) mass is 599 g/mol. The number of sulfonamides is 1. The van der Waals surface area contributed by atoms with Gasteiger partial charge in [0.05, 0.1) is 17.9 Å². The highest BCUT2D eigenvalue weighted by Crippen LogP contribution is 2.36. The molecular formula is C30H41N5O4S2. The van der Waals surface area contributed by atoms with Gasteiger partial charge in [-0.1, -0.05) is 63.0 Å². The number of ether oxygens (including phenoxy) is 1. The number of carbonyl (C=O) groups excluding carboxylic acids is 1. The molecule has 1 aliphatic heterocycles. The van der Waals surface area contributed by atoms with E-state index in [1.165, 1.54) is 24.2 Å². The number of amides is 1. The molecule has 9 nitrogen and oxygen atoms in total. The third kappa shape index (κ3) is 6.74. The van der Waals surface area contributed by atoms with Crippen LogP contribution in [-0.4, -0.2) is 72.8 Å². The van der Waals surface area contributed by atoms with Crippen molar-refractivity contribution in [2.24, 2.45) is 5.92 Å². The lowest BCUT2D eigenvalue weighted by Gasteiger charge is -2.37. The highest BCUT2D eigenvalue weighted by molar-refractivity contribution is 7.89. The Bertz CT molecular complexity index is 1420. The van der Waals surface area contributed by atoms with Gasteiger partial charge in [0, 0.05) is 25.2 Å². The number of hydrogen-bond acceptors (Lipinski definition) is 8. The third-order valence-corrected chi connectivity index (χ3v) is 11.5. The van der Waals surface area contributed by atoms with Crippen molar-refractivity contribution in [2.75, 3.05) is 38.6 Å². The maximum absolute atomic E-state index is 13.6. The number of thiazole rings is 1. The van der Waals surface area contributed by atoms with Crippen molar-refractivity contribution >= 4 is 42.7 Å². The Morgan fingerprint density at radius 2 is 1.73 bits per heavy atom. The maximum Gasteiger partial charge on any atom is 0.243 e. The van der Waals surface area contributed by atoms with Gasteiger partial charge in [0.15, 0.2) is 5.13 Å². The van der Waals surface area contributed by atoms with Gasteiger partial charge in [-0.2, -0.15) is 4.31 Å². The molecule has 5 rings (SSSR count). The van der Waals surface area contributed by atoms with Gasteiger partial charge >= 0.3 is 0 Å². The number of nitrogens with one attached hydrogen (secondary N) is 1. The number of benzene rings is 1. The minimum Gasteiger partial charge on any atom is -0.481 e. The second kappa shape index (κ2) is 13.1. The van der Waals surface area contributed by atoms with Crippen LogP contribution in [0.5, 0.6) is 5.88 Å². The van der Waals surface area contributed by atoms with E-state index in [-0.39, 0.29) is 10.8 Å². The fraction of sp³-hybridized carbons (Fsp3) is 0.567. The summed E-state index contributed by atoms with van der Waals surface area (Å²) in [5.74, 6) is 0.454. The van der Waals surface area contributed by atoms with Crippen molar-refractivity contribution in [1.29, 1.82) is 0 Å². The number of rotatable bonds is 11. The molecule has 1 aliphatic carbocycles. The van der Waals surface area contributed by atoms with Crippen LogP contribution in [0.2, 0.25) is 0 Å². The molecule has 1 N–H and O–H groups in total. The zero-order chi connectivity index (χ0) is 29.0. The van der Waals surface area contributed by atoms with Crippen LogP contribution in [0.25, 0.3) is 10.3 Å². The molecule has 1 saturated heterocycles. The van der Waals surface area contributed by atoms with Gasteiger partial charge in [0.1, 0.15) is 10.3 Å². The number of aromatic nitrogens is 2. The van der Waals surface area contributed by atoms with Crippen molar-refractivity contribution in [3.63, 3.8) is 0 Å². The van der Waals surface area contributed by atoms with E-state index in [0.717, 1.165) is 50.8 Å². The predicted octanol–water partition coefficient (Wildman–Crippen LogP) is 5.50. The number of carbonyl (C=O) groups is 1. The van der Waals surface area contributed by atoms with E-state index in [2.05, 4.69) is 34.0 Å². The first-order valence-corrected chi connectivity index (χ1v) is 17.0. The number of pyridine rings is 1. The number of piperidine rings is 1. The normalized spacial score (nSPS) is 18.2. The summed E-state index contributed by atoms with van der Waals surface area (Å²) in [6, 6.07) is 11.0. The summed E-state index contributed by atoms with van der Waals surface area (Å²) >= 11 is 1.31. The molecule has 2 aliphatic rings. The van der Waals surface area contributed by atoms with Gasteiger partial charge in [0.2, 0.25) is 21.8 Å². The van der Waals surface area contributed by atoms with Crippen molar-refractivity contribution in [2.45, 2.75) is 75.6 Å². The molecule has 2 aromatic heterocycles. The lowest BCUT2D eigenvalue weighted by Crippen LogP contribution is -2.46. The molecule has 0 radical (unpaired) electrons. The van der Waals surface area contributed by atoms with Crippen LogP contribution in [0, 0.1) is 5.92 Å². The van der Waals surface area contributed by atoms with E-state index in [0.29, 0.717) is 46.4 Å². The minimum atomic E-state index is -3.59. The summed E-state index contributed by atoms with van der Waals surface area (Å²) in [4.78, 5) is 26.0. The van der Waals surface area contributed by atoms with Crippen LogP contribution >= 0.6 is 11.3 Å². The summed E-state index contributed by atoms with van der Waals surface area (Å²) in [6.07, 6.45) is 7.02. The van der Waals surface area contributed by atoms with E-state index < -0.39 is 15.9 Å². The molecule has 1 atom stereocenters. The molecule has 0 spiro atoms. The third-order valence-electron chi connectivity index (χ3n) is 8.70. The van der Waals surface area contributed by atoms with Crippen LogP contribution in [0.3, 0.4) is 0 Å². The SMILES string of the molecule is CCN(CC)C1CCN(S(=O)(=O)c2ccc(C(CC3CCCC3)C(=O)Nc3nc4ccc(OC)nc4s3)cc2)CC1. The molecule has 1 unspecified atom stereocenters. The van der Waals surface area contributed by atoms with E-state index in [9.17, 15) is 13.2 Å². The van der Waals surface area contributed by atoms with Gasteiger partial charge < -0.3 is 15.0 Å². The fourth-order valence-electron chi connectivity index (χ4n) is 6.34. The highest BCUT2D eigenvalue weighted by atomic mass is 32.2. The second-order valence-corrected chi connectivity index (χ2v) is 14.0. The molecular weight excluding hydrogens is 558 g/mol. The zero-order valence-electron chi connectivity index (χ0n) is 24.2. The smallest absolute Gasteiger partial charge is 0.243 e. The highest BCUT2D eigenvalue weighted by Gasteiger charge is 2.32. The molecule has 222 valence electrons. The van der Waals surface area contributed by atoms with Crippen molar-refractivity contribution in [1.82, 2.24) is 19.2 Å². The number of fused-ring (bicyclic) bond motifs is 1. The molecule has 0 bridgehead atoms. The Labute approximate surface area is 247 Å². The molecule has 2 fully saturated rings. The topological polar surface area (TPSA) is 105 Å². The first kappa shape index (κ1) is 29.9. The maximum atomic E-state index is 13.6. The summed E-state index contributed by atoms with van der Waals surface area (Å²) < 4.78 is 33.8. The summed E-state index contributed by atoms with van der Waals surface area (Å²) in [6.45, 7) is 7.33. The van der Waals surface area contributed by atoms with Crippen LogP contribution in [0.1, 0.15) is 70.3 Å². The molecule has 41 heavy (non-hydrogen) atoms. The Morgan fingerprint density at radius 3 is 2.37 bits per heavy atom. The Balaban J connectivity index is 1.32. The second-order valence-electron chi connectivity index (χ2n) is 11.1. The minimum absolute atomic E-state index is 0.128. The number of anilines is 1. The van der Waals surface area contributed by atoms with Gasteiger partial charge in [-0.15, -0.1) is 0 Å². The molecule has 11 heteroatoms. The average Bonchev–Trinajstić information content (AvgIpc) is 3.66. The molecule has 3 heterocycles. The summed E-state index contributed by atoms with van der Waals surface area (Å²) in [5.41, 5.74) is 1.53. The Morgan fingerprint density at radius 1 is 1.05 bits per heavy atom. The van der Waals surface area contributed by atoms with Crippen LogP contribution in [-0.2, 0) is 14.8 Å². The first-order chi connectivity index (χ1) is 19.8. The van der Waals surface area contributed by atoms with Gasteiger partial charge in [-0.25, -0.2) is 18.4 Å². The standard InChI is InChI=1S/C30H41N5O4S2/c1-4-34(5-2)23-16-18-35(19-17-23)41(37,38)24-12-10-22(11-13-24)25(20-21-8-6-7-9-21)28(36)33-30-31-26-14-15-27(39-3)32-29(26)40-30/h10-15,21,23,25H,4-9,16-20H2,1-3H3,(H,31,33,36). The lowest BCUT2D eigenvalue weighted by atomic mass is 9.87. The van der Waals surface area contributed by atoms with E-state index in [1.807, 2.05) is 18.2 Å². The molecule has 1 aromatic carbocycles. The predicted molar refractivity (Wildman–Crippen MR) is 163 cm³/mol. The Kier molecular flexibility index (Phi) is 9.58. The van der Waals surface area contributed by atoms with Crippen LogP contribution < -0.4 is 10.1 Å². The summed E-state index contributed by atoms with van der Waals surface area (Å²) in [5, 5.41) is 3.51.